The van der Waals surface area contributed by atoms with Crippen LogP contribution in [0.1, 0.15) is 35.6 Å². The molecule has 1 saturated heterocycles. The van der Waals surface area contributed by atoms with Gasteiger partial charge in [-0.05, 0) is 44.4 Å². The first kappa shape index (κ1) is 18.2. The number of aliphatic hydroxyl groups is 1. The molecular weight excluding hydrogens is 307 g/mol. The van der Waals surface area contributed by atoms with Crippen LogP contribution in [-0.2, 0) is 0 Å². The third-order valence-corrected chi connectivity index (χ3v) is 4.25. The van der Waals surface area contributed by atoms with Crippen LogP contribution in [0, 0.1) is 13.8 Å². The van der Waals surface area contributed by atoms with Crippen molar-refractivity contribution in [1.82, 2.24) is 10.3 Å². The number of pyridine rings is 1. The molecule has 3 nitrogen and oxygen atoms in total. The highest BCUT2D eigenvalue weighted by Crippen LogP contribution is 2.30. The second-order valence-corrected chi connectivity index (χ2v) is 5.46. The number of rotatable bonds is 2. The lowest BCUT2D eigenvalue weighted by atomic mass is 9.96. The number of fused-ring (bicyclic) bond motifs is 1. The third kappa shape index (κ3) is 3.32. The molecule has 2 unspecified atom stereocenters. The Bertz CT molecular complexity index is 612. The fourth-order valence-electron chi connectivity index (χ4n) is 2.92. The van der Waals surface area contributed by atoms with Crippen LogP contribution >= 0.6 is 24.8 Å². The maximum absolute atomic E-state index is 10.6. The van der Waals surface area contributed by atoms with E-state index >= 15 is 0 Å². The summed E-state index contributed by atoms with van der Waals surface area (Å²) in [6, 6.07) is 6.26. The minimum atomic E-state index is -0.471. The zero-order valence-electron chi connectivity index (χ0n) is 12.3. The zero-order chi connectivity index (χ0) is 13.4. The van der Waals surface area contributed by atoms with Crippen molar-refractivity contribution in [2.75, 3.05) is 6.54 Å². The fraction of sp³-hybridized carbons (Fsp3) is 0.438. The van der Waals surface area contributed by atoms with E-state index in [9.17, 15) is 5.11 Å². The number of nitrogens with zero attached hydrogens (tertiary/aromatic N) is 1. The van der Waals surface area contributed by atoms with Gasteiger partial charge in [-0.2, -0.15) is 0 Å². The molecule has 0 aliphatic carbocycles. The summed E-state index contributed by atoms with van der Waals surface area (Å²) < 4.78 is 0. The van der Waals surface area contributed by atoms with E-state index in [4.69, 9.17) is 0 Å². The third-order valence-electron chi connectivity index (χ3n) is 4.25. The topological polar surface area (TPSA) is 45.2 Å². The smallest absolute Gasteiger partial charge is 0.0963 e. The maximum atomic E-state index is 10.6. The molecular formula is C16H22Cl2N2O. The van der Waals surface area contributed by atoms with Crippen molar-refractivity contribution in [3.63, 3.8) is 0 Å². The maximum Gasteiger partial charge on any atom is 0.0963 e. The Morgan fingerprint density at radius 3 is 2.71 bits per heavy atom. The van der Waals surface area contributed by atoms with Gasteiger partial charge >= 0.3 is 0 Å². The number of aliphatic hydroxyl groups excluding tert-OH is 1. The van der Waals surface area contributed by atoms with Gasteiger partial charge in [0.1, 0.15) is 0 Å². The average Bonchev–Trinajstić information content (AvgIpc) is 2.96. The molecule has 0 bridgehead atoms. The van der Waals surface area contributed by atoms with Gasteiger partial charge in [0, 0.05) is 23.2 Å². The summed E-state index contributed by atoms with van der Waals surface area (Å²) in [6.07, 6.45) is 3.59. The summed E-state index contributed by atoms with van der Waals surface area (Å²) in [6.45, 7) is 5.19. The lowest BCUT2D eigenvalue weighted by Crippen LogP contribution is -2.28. The standard InChI is InChI=1S/C16H20N2O.2ClH/c1-10-9-18-15-12(11(10)2)5-3-6-13(15)16(19)14-7-4-8-17-14;;/h3,5-6,9,14,16-17,19H,4,7-8H2,1-2H3;2*1H. The molecule has 2 aromatic rings. The van der Waals surface area contributed by atoms with Crippen LogP contribution in [0.2, 0.25) is 0 Å². The predicted molar refractivity (Wildman–Crippen MR) is 91.7 cm³/mol. The molecule has 5 heteroatoms. The van der Waals surface area contributed by atoms with E-state index in [2.05, 4.69) is 30.2 Å². The minimum absolute atomic E-state index is 0. The molecule has 1 fully saturated rings. The molecule has 2 heterocycles. The largest absolute Gasteiger partial charge is 0.387 e. The van der Waals surface area contributed by atoms with Crippen LogP contribution in [0.5, 0.6) is 0 Å². The first-order valence-corrected chi connectivity index (χ1v) is 6.95. The SMILES string of the molecule is Cc1cnc2c(C(O)C3CCCN3)cccc2c1C.Cl.Cl. The monoisotopic (exact) mass is 328 g/mol. The van der Waals surface area contributed by atoms with Gasteiger partial charge in [-0.25, -0.2) is 0 Å². The number of hydrogen-bond donors (Lipinski definition) is 2. The van der Waals surface area contributed by atoms with Crippen molar-refractivity contribution >= 4 is 35.7 Å². The van der Waals surface area contributed by atoms with Gasteiger partial charge in [0.25, 0.3) is 0 Å². The lowest BCUT2D eigenvalue weighted by molar-refractivity contribution is 0.139. The van der Waals surface area contributed by atoms with E-state index in [1.165, 1.54) is 11.1 Å². The molecule has 0 spiro atoms. The van der Waals surface area contributed by atoms with Gasteiger partial charge in [0.15, 0.2) is 0 Å². The van der Waals surface area contributed by atoms with E-state index in [1.54, 1.807) is 0 Å². The molecule has 116 valence electrons. The second kappa shape index (κ2) is 7.41. The number of halogens is 2. The molecule has 2 N–H and O–H groups in total. The molecule has 21 heavy (non-hydrogen) atoms. The molecule has 1 aromatic heterocycles. The van der Waals surface area contributed by atoms with Crippen LogP contribution in [0.3, 0.4) is 0 Å². The van der Waals surface area contributed by atoms with Crippen molar-refractivity contribution < 1.29 is 5.11 Å². The number of aryl methyl sites for hydroxylation is 2. The number of benzene rings is 1. The number of para-hydroxylation sites is 1. The molecule has 1 aliphatic rings. The zero-order valence-corrected chi connectivity index (χ0v) is 13.9. The number of hydrogen-bond acceptors (Lipinski definition) is 3. The van der Waals surface area contributed by atoms with Gasteiger partial charge in [-0.1, -0.05) is 18.2 Å². The Kier molecular flexibility index (Phi) is 6.41. The van der Waals surface area contributed by atoms with Crippen molar-refractivity contribution in [1.29, 1.82) is 0 Å². The number of aromatic nitrogens is 1. The van der Waals surface area contributed by atoms with E-state index in [0.29, 0.717) is 0 Å². The fourth-order valence-corrected chi connectivity index (χ4v) is 2.92. The van der Waals surface area contributed by atoms with Crippen molar-refractivity contribution in [2.24, 2.45) is 0 Å². The van der Waals surface area contributed by atoms with Gasteiger partial charge in [0.2, 0.25) is 0 Å². The van der Waals surface area contributed by atoms with Gasteiger partial charge in [-0.3, -0.25) is 4.98 Å². The first-order chi connectivity index (χ1) is 9.18. The van der Waals surface area contributed by atoms with E-state index in [0.717, 1.165) is 35.9 Å². The van der Waals surface area contributed by atoms with Crippen molar-refractivity contribution in [2.45, 2.75) is 38.8 Å². The summed E-state index contributed by atoms with van der Waals surface area (Å²) in [4.78, 5) is 4.55. The molecule has 1 aromatic carbocycles. The highest BCUT2D eigenvalue weighted by Gasteiger charge is 2.25. The summed E-state index contributed by atoms with van der Waals surface area (Å²) in [5, 5.41) is 15.1. The van der Waals surface area contributed by atoms with Crippen LogP contribution < -0.4 is 5.32 Å². The first-order valence-electron chi connectivity index (χ1n) is 6.95. The van der Waals surface area contributed by atoms with Crippen LogP contribution in [0.25, 0.3) is 10.9 Å². The van der Waals surface area contributed by atoms with Crippen molar-refractivity contribution in [3.8, 4) is 0 Å². The molecule has 0 radical (unpaired) electrons. The Balaban J connectivity index is 0.00000110. The molecule has 0 saturated carbocycles. The summed E-state index contributed by atoms with van der Waals surface area (Å²) >= 11 is 0. The molecule has 0 amide bonds. The van der Waals surface area contributed by atoms with Gasteiger partial charge in [-0.15, -0.1) is 24.8 Å². The normalized spacial score (nSPS) is 18.9. The highest BCUT2D eigenvalue weighted by atomic mass is 35.5. The Hall–Kier alpha value is -0.870. The lowest BCUT2D eigenvalue weighted by Gasteiger charge is -2.20. The second-order valence-electron chi connectivity index (χ2n) is 5.46. The van der Waals surface area contributed by atoms with E-state index in [1.807, 2.05) is 18.3 Å². The summed E-state index contributed by atoms with van der Waals surface area (Å²) in [7, 11) is 0. The van der Waals surface area contributed by atoms with E-state index < -0.39 is 6.10 Å². The quantitative estimate of drug-likeness (QED) is 0.887. The minimum Gasteiger partial charge on any atom is -0.387 e. The van der Waals surface area contributed by atoms with Crippen molar-refractivity contribution in [3.05, 3.63) is 41.1 Å². The molecule has 1 aliphatic heterocycles. The highest BCUT2D eigenvalue weighted by molar-refractivity contribution is 5.86. The van der Waals surface area contributed by atoms with E-state index in [-0.39, 0.29) is 30.9 Å². The molecule has 2 atom stereocenters. The van der Waals surface area contributed by atoms with Gasteiger partial charge in [0.05, 0.1) is 11.6 Å². The molecule has 3 rings (SSSR count). The summed E-state index contributed by atoms with van der Waals surface area (Å²) in [5.74, 6) is 0. The Morgan fingerprint density at radius 1 is 1.29 bits per heavy atom. The Morgan fingerprint density at radius 2 is 2.05 bits per heavy atom. The average molecular weight is 329 g/mol. The van der Waals surface area contributed by atoms with Gasteiger partial charge < -0.3 is 10.4 Å². The predicted octanol–water partition coefficient (Wildman–Crippen LogP) is 3.48. The number of nitrogens with one attached hydrogen (secondary N) is 1. The van der Waals surface area contributed by atoms with Crippen LogP contribution in [0.4, 0.5) is 0 Å². The van der Waals surface area contributed by atoms with Crippen LogP contribution in [0.15, 0.2) is 24.4 Å². The van der Waals surface area contributed by atoms with Crippen LogP contribution in [-0.4, -0.2) is 22.7 Å². The summed E-state index contributed by atoms with van der Waals surface area (Å²) in [5.41, 5.74) is 4.32. The Labute approximate surface area is 138 Å².